The lowest BCUT2D eigenvalue weighted by molar-refractivity contribution is -0.120. The lowest BCUT2D eigenvalue weighted by atomic mass is 10.3. The van der Waals surface area contributed by atoms with Crippen molar-refractivity contribution in [1.29, 1.82) is 0 Å². The second kappa shape index (κ2) is 5.79. The van der Waals surface area contributed by atoms with Crippen molar-refractivity contribution in [2.75, 3.05) is 27.2 Å². The van der Waals surface area contributed by atoms with Crippen molar-refractivity contribution in [3.05, 3.63) is 36.0 Å². The Kier molecular flexibility index (Phi) is 4.11. The molecule has 2 heterocycles. The summed E-state index contributed by atoms with van der Waals surface area (Å²) in [6.07, 6.45) is 3.22. The zero-order chi connectivity index (χ0) is 13.8. The number of likely N-dealkylation sites (N-methyl/N-ethyl adjacent to an activating group) is 1. The monoisotopic (exact) mass is 264 g/mol. The molecule has 102 valence electrons. The van der Waals surface area contributed by atoms with E-state index in [2.05, 4.69) is 10.3 Å². The fourth-order valence-electron chi connectivity index (χ4n) is 1.75. The van der Waals surface area contributed by atoms with Gasteiger partial charge in [-0.15, -0.1) is 0 Å². The molecule has 0 saturated heterocycles. The van der Waals surface area contributed by atoms with Crippen molar-refractivity contribution < 1.29 is 9.18 Å². The first-order chi connectivity index (χ1) is 9.04. The Balaban J connectivity index is 1.95. The first-order valence-electron chi connectivity index (χ1n) is 6.09. The second-order valence-corrected chi connectivity index (χ2v) is 4.68. The number of amides is 1. The first kappa shape index (κ1) is 13.5. The largest absolute Gasteiger partial charge is 0.354 e. The minimum absolute atomic E-state index is 0.0780. The molecule has 2 aromatic rings. The van der Waals surface area contributed by atoms with E-state index in [-0.39, 0.29) is 18.1 Å². The molecule has 0 atom stereocenters. The smallest absolute Gasteiger partial charge is 0.226 e. The maximum absolute atomic E-state index is 13.0. The number of pyridine rings is 1. The number of hydrogen-bond acceptors (Lipinski definition) is 3. The van der Waals surface area contributed by atoms with E-state index >= 15 is 0 Å². The van der Waals surface area contributed by atoms with E-state index in [4.69, 9.17) is 0 Å². The van der Waals surface area contributed by atoms with E-state index in [0.29, 0.717) is 17.9 Å². The molecule has 0 spiro atoms. The van der Waals surface area contributed by atoms with Gasteiger partial charge in [-0.25, -0.2) is 9.37 Å². The molecule has 0 aromatic carbocycles. The molecular formula is C13H17FN4O. The molecule has 2 aromatic heterocycles. The number of nitrogens with zero attached hydrogens (tertiary/aromatic N) is 3. The van der Waals surface area contributed by atoms with Gasteiger partial charge in [-0.1, -0.05) is 0 Å². The predicted octanol–water partition coefficient (Wildman–Crippen LogP) is 0.694. The lowest BCUT2D eigenvalue weighted by Crippen LogP contribution is -2.32. The molecule has 1 amide bonds. The molecule has 6 heteroatoms. The zero-order valence-corrected chi connectivity index (χ0v) is 11.1. The van der Waals surface area contributed by atoms with Crippen LogP contribution in [0.25, 0.3) is 5.65 Å². The van der Waals surface area contributed by atoms with E-state index in [0.717, 1.165) is 6.54 Å². The summed E-state index contributed by atoms with van der Waals surface area (Å²) in [6.45, 7) is 1.40. The third kappa shape index (κ3) is 3.75. The topological polar surface area (TPSA) is 49.6 Å². The summed E-state index contributed by atoms with van der Waals surface area (Å²) in [4.78, 5) is 17.9. The quantitative estimate of drug-likeness (QED) is 0.864. The van der Waals surface area contributed by atoms with Gasteiger partial charge >= 0.3 is 0 Å². The summed E-state index contributed by atoms with van der Waals surface area (Å²) < 4.78 is 14.6. The second-order valence-electron chi connectivity index (χ2n) is 4.68. The highest BCUT2D eigenvalue weighted by Gasteiger charge is 2.07. The zero-order valence-electron chi connectivity index (χ0n) is 11.1. The van der Waals surface area contributed by atoms with Gasteiger partial charge in [0.2, 0.25) is 5.91 Å². The Morgan fingerprint density at radius 1 is 1.42 bits per heavy atom. The number of hydrogen-bond donors (Lipinski definition) is 1. The number of carbonyl (C=O) groups is 1. The molecule has 0 aliphatic rings. The van der Waals surface area contributed by atoms with Crippen LogP contribution in [0.1, 0.15) is 5.69 Å². The molecule has 0 aliphatic heterocycles. The van der Waals surface area contributed by atoms with Crippen molar-refractivity contribution in [2.45, 2.75) is 6.42 Å². The van der Waals surface area contributed by atoms with Crippen LogP contribution in [-0.4, -0.2) is 47.4 Å². The summed E-state index contributed by atoms with van der Waals surface area (Å²) in [5, 5.41) is 2.81. The first-order valence-corrected chi connectivity index (χ1v) is 6.09. The Morgan fingerprint density at radius 3 is 2.95 bits per heavy atom. The minimum Gasteiger partial charge on any atom is -0.354 e. The molecule has 0 unspecified atom stereocenters. The van der Waals surface area contributed by atoms with E-state index in [1.807, 2.05) is 19.0 Å². The number of carbonyl (C=O) groups excluding carboxylic acids is 1. The van der Waals surface area contributed by atoms with Gasteiger partial charge in [0.15, 0.2) is 0 Å². The molecule has 0 bridgehead atoms. The highest BCUT2D eigenvalue weighted by atomic mass is 19.1. The number of aromatic nitrogens is 2. The summed E-state index contributed by atoms with van der Waals surface area (Å²) in [5.41, 5.74) is 1.27. The summed E-state index contributed by atoms with van der Waals surface area (Å²) >= 11 is 0. The van der Waals surface area contributed by atoms with Gasteiger partial charge in [-0.3, -0.25) is 4.79 Å². The van der Waals surface area contributed by atoms with Crippen LogP contribution in [0.2, 0.25) is 0 Å². The van der Waals surface area contributed by atoms with E-state index in [1.165, 1.54) is 12.3 Å². The Hall–Kier alpha value is -1.95. The Morgan fingerprint density at radius 2 is 2.21 bits per heavy atom. The van der Waals surface area contributed by atoms with Crippen LogP contribution in [-0.2, 0) is 11.2 Å². The molecule has 1 N–H and O–H groups in total. The Labute approximate surface area is 111 Å². The number of nitrogens with one attached hydrogen (secondary N) is 1. The summed E-state index contributed by atoms with van der Waals surface area (Å²) in [7, 11) is 3.89. The molecule has 2 rings (SSSR count). The van der Waals surface area contributed by atoms with Gasteiger partial charge in [0.25, 0.3) is 0 Å². The van der Waals surface area contributed by atoms with Crippen molar-refractivity contribution in [3.63, 3.8) is 0 Å². The molecule has 5 nitrogen and oxygen atoms in total. The fourth-order valence-corrected chi connectivity index (χ4v) is 1.75. The normalized spacial score (nSPS) is 11.2. The molecule has 0 saturated carbocycles. The predicted molar refractivity (Wildman–Crippen MR) is 70.4 cm³/mol. The minimum atomic E-state index is -0.327. The number of halogens is 1. The van der Waals surface area contributed by atoms with Gasteiger partial charge in [-0.2, -0.15) is 0 Å². The van der Waals surface area contributed by atoms with Crippen LogP contribution in [0, 0.1) is 5.82 Å². The lowest BCUT2D eigenvalue weighted by Gasteiger charge is -2.09. The number of imidazole rings is 1. The third-order valence-corrected chi connectivity index (χ3v) is 2.69. The van der Waals surface area contributed by atoms with Gasteiger partial charge in [0, 0.05) is 25.5 Å². The molecule has 0 radical (unpaired) electrons. The van der Waals surface area contributed by atoms with Gasteiger partial charge in [-0.05, 0) is 26.2 Å². The summed E-state index contributed by atoms with van der Waals surface area (Å²) in [5.74, 6) is -0.405. The fraction of sp³-hybridized carbons (Fsp3) is 0.385. The van der Waals surface area contributed by atoms with Crippen LogP contribution in [0.5, 0.6) is 0 Å². The summed E-state index contributed by atoms with van der Waals surface area (Å²) in [6, 6.07) is 2.94. The average molecular weight is 264 g/mol. The van der Waals surface area contributed by atoms with Crippen molar-refractivity contribution >= 4 is 11.6 Å². The molecule has 0 aliphatic carbocycles. The van der Waals surface area contributed by atoms with E-state index in [1.54, 1.807) is 16.7 Å². The van der Waals surface area contributed by atoms with Gasteiger partial charge < -0.3 is 14.6 Å². The van der Waals surface area contributed by atoms with Crippen LogP contribution >= 0.6 is 0 Å². The van der Waals surface area contributed by atoms with E-state index < -0.39 is 0 Å². The van der Waals surface area contributed by atoms with Crippen molar-refractivity contribution in [3.8, 4) is 0 Å². The third-order valence-electron chi connectivity index (χ3n) is 2.69. The highest BCUT2D eigenvalue weighted by molar-refractivity contribution is 5.78. The standard InChI is InChI=1S/C13H17FN4O/c1-17(2)6-5-15-13(19)7-11-9-18-8-10(14)3-4-12(18)16-11/h3-4,8-9H,5-7H2,1-2H3,(H,15,19). The van der Waals surface area contributed by atoms with Crippen molar-refractivity contribution in [1.82, 2.24) is 19.6 Å². The maximum atomic E-state index is 13.0. The SMILES string of the molecule is CN(C)CCNC(=O)Cc1cn2cc(F)ccc2n1. The molecular weight excluding hydrogens is 247 g/mol. The van der Waals surface area contributed by atoms with Gasteiger partial charge in [0.1, 0.15) is 11.5 Å². The van der Waals surface area contributed by atoms with Crippen LogP contribution in [0.3, 0.4) is 0 Å². The Bertz CT molecular complexity index is 579. The average Bonchev–Trinajstić information content (AvgIpc) is 2.69. The van der Waals surface area contributed by atoms with Crippen LogP contribution < -0.4 is 5.32 Å². The maximum Gasteiger partial charge on any atom is 0.226 e. The number of fused-ring (bicyclic) bond motifs is 1. The highest BCUT2D eigenvalue weighted by Crippen LogP contribution is 2.07. The van der Waals surface area contributed by atoms with Gasteiger partial charge in [0.05, 0.1) is 12.1 Å². The van der Waals surface area contributed by atoms with E-state index in [9.17, 15) is 9.18 Å². The van der Waals surface area contributed by atoms with Crippen molar-refractivity contribution in [2.24, 2.45) is 0 Å². The molecule has 19 heavy (non-hydrogen) atoms. The number of rotatable bonds is 5. The van der Waals surface area contributed by atoms with Crippen LogP contribution in [0.4, 0.5) is 4.39 Å². The molecule has 0 fully saturated rings. The van der Waals surface area contributed by atoms with Crippen LogP contribution in [0.15, 0.2) is 24.5 Å².